The summed E-state index contributed by atoms with van der Waals surface area (Å²) in [5.41, 5.74) is 2.13. The van der Waals surface area contributed by atoms with Crippen molar-refractivity contribution in [1.29, 1.82) is 0 Å². The summed E-state index contributed by atoms with van der Waals surface area (Å²) in [6, 6.07) is 27.6. The molecule has 2 aromatic heterocycles. The van der Waals surface area contributed by atoms with Gasteiger partial charge in [-0.2, -0.15) is 0 Å². The molecule has 0 aliphatic heterocycles. The molecule has 0 atom stereocenters. The Labute approximate surface area is 165 Å². The van der Waals surface area contributed by atoms with Gasteiger partial charge in [0.2, 0.25) is 0 Å². The van der Waals surface area contributed by atoms with E-state index in [0.29, 0.717) is 34.0 Å². The molecule has 5 heteroatoms. The predicted octanol–water partition coefficient (Wildman–Crippen LogP) is 5.79. The zero-order valence-corrected chi connectivity index (χ0v) is 15.2. The van der Waals surface area contributed by atoms with E-state index in [-0.39, 0.29) is 0 Å². The monoisotopic (exact) mass is 381 g/mol. The fraction of sp³-hybridized carbons (Fsp3) is 0. The molecule has 5 aromatic rings. The Morgan fingerprint density at radius 2 is 1.21 bits per heavy atom. The maximum absolute atomic E-state index is 12.4. The third kappa shape index (κ3) is 3.30. The molecule has 0 spiro atoms. The highest BCUT2D eigenvalue weighted by molar-refractivity contribution is 6.12. The van der Waals surface area contributed by atoms with Gasteiger partial charge in [0.1, 0.15) is 11.2 Å². The van der Waals surface area contributed by atoms with E-state index in [1.807, 2.05) is 66.7 Å². The van der Waals surface area contributed by atoms with Gasteiger partial charge >= 0.3 is 5.97 Å². The molecule has 0 aliphatic carbocycles. The van der Waals surface area contributed by atoms with E-state index >= 15 is 0 Å². The zero-order valence-electron chi connectivity index (χ0n) is 15.2. The van der Waals surface area contributed by atoms with Crippen LogP contribution in [-0.4, -0.2) is 11.7 Å². The van der Waals surface area contributed by atoms with Crippen molar-refractivity contribution in [2.45, 2.75) is 0 Å². The van der Waals surface area contributed by atoms with E-state index in [4.69, 9.17) is 13.7 Å². The second-order valence-electron chi connectivity index (χ2n) is 6.48. The van der Waals surface area contributed by atoms with E-state index in [9.17, 15) is 4.79 Å². The molecular formula is C24H15NO4. The summed E-state index contributed by atoms with van der Waals surface area (Å²) < 4.78 is 11.9. The van der Waals surface area contributed by atoms with Crippen molar-refractivity contribution >= 4 is 33.6 Å². The van der Waals surface area contributed by atoms with Crippen LogP contribution in [0.15, 0.2) is 105 Å². The lowest BCUT2D eigenvalue weighted by Gasteiger charge is -2.01. The second kappa shape index (κ2) is 7.13. The molecular weight excluding hydrogens is 366 g/mol. The van der Waals surface area contributed by atoms with E-state index in [1.54, 1.807) is 24.3 Å². The molecule has 0 unspecified atom stereocenters. The number of furan rings is 2. The smallest absolute Gasteiger partial charge is 0.365 e. The van der Waals surface area contributed by atoms with Gasteiger partial charge in [0.25, 0.3) is 0 Å². The average molecular weight is 381 g/mol. The Bertz CT molecular complexity index is 1200. The summed E-state index contributed by atoms with van der Waals surface area (Å²) in [6.45, 7) is 0. The fourth-order valence-electron chi connectivity index (χ4n) is 3.12. The molecule has 0 aliphatic rings. The molecule has 2 heterocycles. The number of carbonyl (C=O) groups is 1. The lowest BCUT2D eigenvalue weighted by Crippen LogP contribution is -2.06. The third-order valence-electron chi connectivity index (χ3n) is 4.55. The highest BCUT2D eigenvalue weighted by Crippen LogP contribution is 2.26. The molecule has 0 amide bonds. The number of oxime groups is 1. The first-order valence-electron chi connectivity index (χ1n) is 9.10. The van der Waals surface area contributed by atoms with Crippen LogP contribution in [0.2, 0.25) is 0 Å². The Morgan fingerprint density at radius 1 is 0.690 bits per heavy atom. The molecule has 0 N–H and O–H groups in total. The van der Waals surface area contributed by atoms with Crippen LogP contribution in [0.3, 0.4) is 0 Å². The van der Waals surface area contributed by atoms with Crippen LogP contribution < -0.4 is 0 Å². The van der Waals surface area contributed by atoms with Crippen molar-refractivity contribution < 1.29 is 18.5 Å². The topological polar surface area (TPSA) is 64.9 Å². The highest BCUT2D eigenvalue weighted by Gasteiger charge is 2.19. The first-order valence-corrected chi connectivity index (χ1v) is 9.10. The minimum absolute atomic E-state index is 0.307. The molecule has 140 valence electrons. The molecule has 3 aromatic carbocycles. The molecule has 5 nitrogen and oxygen atoms in total. The summed E-state index contributed by atoms with van der Waals surface area (Å²) in [4.78, 5) is 17.6. The van der Waals surface area contributed by atoms with Gasteiger partial charge in [-0.3, -0.25) is 0 Å². The van der Waals surface area contributed by atoms with Crippen LogP contribution in [0.5, 0.6) is 0 Å². The Kier molecular flexibility index (Phi) is 4.18. The van der Waals surface area contributed by atoms with Crippen LogP contribution in [0, 0.1) is 0 Å². The van der Waals surface area contributed by atoms with Crippen LogP contribution in [-0.2, 0) is 4.84 Å². The van der Waals surface area contributed by atoms with E-state index in [1.165, 1.54) is 0 Å². The Morgan fingerprint density at radius 3 is 1.76 bits per heavy atom. The number of carbonyl (C=O) groups excluding carboxylic acids is 1. The van der Waals surface area contributed by atoms with Crippen LogP contribution in [0.25, 0.3) is 21.9 Å². The molecule has 0 fully saturated rings. The van der Waals surface area contributed by atoms with Crippen molar-refractivity contribution in [2.24, 2.45) is 5.16 Å². The highest BCUT2D eigenvalue weighted by atomic mass is 16.7. The number of fused-ring (bicyclic) bond motifs is 2. The minimum atomic E-state index is -0.560. The van der Waals surface area contributed by atoms with E-state index < -0.39 is 5.97 Å². The van der Waals surface area contributed by atoms with E-state index in [0.717, 1.165) is 10.8 Å². The number of hydrogen-bond acceptors (Lipinski definition) is 5. The molecule has 29 heavy (non-hydrogen) atoms. The SMILES string of the molecule is O=C(ON=C(c1cc2ccccc2o1)c1cc2ccccc2o1)c1ccccc1. The van der Waals surface area contributed by atoms with Crippen LogP contribution in [0.4, 0.5) is 0 Å². The maximum atomic E-state index is 12.4. The Balaban J connectivity index is 1.59. The first kappa shape index (κ1) is 17.0. The van der Waals surface area contributed by atoms with Gasteiger partial charge in [-0.15, -0.1) is 0 Å². The van der Waals surface area contributed by atoms with Crippen molar-refractivity contribution in [1.82, 2.24) is 0 Å². The molecule has 0 saturated heterocycles. The van der Waals surface area contributed by atoms with Gasteiger partial charge < -0.3 is 13.7 Å². The number of benzene rings is 3. The average Bonchev–Trinajstić information content (AvgIpc) is 3.38. The van der Waals surface area contributed by atoms with Crippen molar-refractivity contribution in [3.05, 3.63) is 108 Å². The summed E-state index contributed by atoms with van der Waals surface area (Å²) >= 11 is 0. The van der Waals surface area contributed by atoms with Gasteiger partial charge in [0, 0.05) is 10.8 Å². The predicted molar refractivity (Wildman–Crippen MR) is 110 cm³/mol. The lowest BCUT2D eigenvalue weighted by atomic mass is 10.2. The summed E-state index contributed by atoms with van der Waals surface area (Å²) in [7, 11) is 0. The van der Waals surface area contributed by atoms with E-state index in [2.05, 4.69) is 5.16 Å². The molecule has 5 rings (SSSR count). The van der Waals surface area contributed by atoms with Crippen molar-refractivity contribution in [3.8, 4) is 0 Å². The van der Waals surface area contributed by atoms with Gasteiger partial charge in [0.05, 0.1) is 5.56 Å². The van der Waals surface area contributed by atoms with Crippen molar-refractivity contribution in [3.63, 3.8) is 0 Å². The quantitative estimate of drug-likeness (QED) is 0.225. The van der Waals surface area contributed by atoms with Crippen LogP contribution in [0.1, 0.15) is 21.9 Å². The number of nitrogens with zero attached hydrogens (tertiary/aromatic N) is 1. The maximum Gasteiger partial charge on any atom is 0.365 e. The first-order chi connectivity index (χ1) is 14.3. The molecule has 0 saturated carbocycles. The normalized spacial score (nSPS) is 10.9. The molecule has 0 radical (unpaired) electrons. The number of hydrogen-bond donors (Lipinski definition) is 0. The number of rotatable bonds is 4. The standard InChI is InChI=1S/C24H15NO4/c26-24(16-8-2-1-3-9-16)29-25-23(21-14-17-10-4-6-12-19(17)27-21)22-15-18-11-5-7-13-20(18)28-22/h1-15H. The van der Waals surface area contributed by atoms with Gasteiger partial charge in [-0.1, -0.05) is 59.8 Å². The van der Waals surface area contributed by atoms with Crippen LogP contribution >= 0.6 is 0 Å². The molecule has 0 bridgehead atoms. The zero-order chi connectivity index (χ0) is 19.6. The summed E-state index contributed by atoms with van der Waals surface area (Å²) in [5, 5.41) is 5.95. The fourth-order valence-corrected chi connectivity index (χ4v) is 3.12. The number of para-hydroxylation sites is 2. The van der Waals surface area contributed by atoms with Gasteiger partial charge in [-0.25, -0.2) is 4.79 Å². The van der Waals surface area contributed by atoms with Gasteiger partial charge in [0.15, 0.2) is 17.2 Å². The minimum Gasteiger partial charge on any atom is -0.454 e. The Hall–Kier alpha value is -4.12. The third-order valence-corrected chi connectivity index (χ3v) is 4.55. The van der Waals surface area contributed by atoms with Gasteiger partial charge in [-0.05, 0) is 36.4 Å². The summed E-state index contributed by atoms with van der Waals surface area (Å²) in [6.07, 6.45) is 0. The van der Waals surface area contributed by atoms with Crippen molar-refractivity contribution in [2.75, 3.05) is 0 Å². The lowest BCUT2D eigenvalue weighted by molar-refractivity contribution is 0.0516. The largest absolute Gasteiger partial charge is 0.454 e. The summed E-state index contributed by atoms with van der Waals surface area (Å²) in [5.74, 6) is 0.340. The second-order valence-corrected chi connectivity index (χ2v) is 6.48.